The molecule has 1 saturated heterocycles. The maximum absolute atomic E-state index is 11.9. The summed E-state index contributed by atoms with van der Waals surface area (Å²) in [7, 11) is 1.72. The molecule has 0 aromatic carbocycles. The van der Waals surface area contributed by atoms with Crippen LogP contribution in [-0.2, 0) is 9.53 Å². The van der Waals surface area contributed by atoms with E-state index < -0.39 is 0 Å². The molecule has 0 aromatic heterocycles. The van der Waals surface area contributed by atoms with Gasteiger partial charge in [-0.3, -0.25) is 4.79 Å². The highest BCUT2D eigenvalue weighted by Crippen LogP contribution is 2.17. The number of hydrogen-bond acceptors (Lipinski definition) is 3. The van der Waals surface area contributed by atoms with Crippen LogP contribution in [0.25, 0.3) is 0 Å². The Hall–Kier alpha value is -0.610. The number of methoxy groups -OCH3 is 1. The predicted octanol–water partition coefficient (Wildman–Crippen LogP) is 1.26. The third kappa shape index (κ3) is 5.50. The van der Waals surface area contributed by atoms with Gasteiger partial charge in [0.25, 0.3) is 0 Å². The number of ether oxygens (including phenoxy) is 1. The Labute approximate surface area is 105 Å². The number of rotatable bonds is 7. The van der Waals surface area contributed by atoms with E-state index >= 15 is 0 Å². The van der Waals surface area contributed by atoms with Crippen LogP contribution in [-0.4, -0.2) is 50.2 Å². The lowest BCUT2D eigenvalue weighted by Gasteiger charge is -2.16. The van der Waals surface area contributed by atoms with Crippen molar-refractivity contribution in [1.82, 2.24) is 10.2 Å². The molecule has 1 N–H and O–H groups in total. The second-order valence-corrected chi connectivity index (χ2v) is 5.16. The summed E-state index contributed by atoms with van der Waals surface area (Å²) in [5.74, 6) is 0.840. The minimum absolute atomic E-state index is 0.300. The van der Waals surface area contributed by atoms with Gasteiger partial charge < -0.3 is 15.0 Å². The summed E-state index contributed by atoms with van der Waals surface area (Å²) in [5, 5.41) is 3.33. The molecule has 0 aliphatic carbocycles. The molecule has 0 aromatic rings. The van der Waals surface area contributed by atoms with Gasteiger partial charge >= 0.3 is 0 Å². The van der Waals surface area contributed by atoms with Crippen LogP contribution in [0.3, 0.4) is 0 Å². The average Bonchev–Trinajstić information content (AvgIpc) is 2.73. The first-order chi connectivity index (χ1) is 8.13. The van der Waals surface area contributed by atoms with Crippen molar-refractivity contribution in [3.63, 3.8) is 0 Å². The fraction of sp³-hybridized carbons (Fsp3) is 0.923. The number of likely N-dealkylation sites (tertiary alicyclic amines) is 1. The van der Waals surface area contributed by atoms with Crippen LogP contribution in [0.4, 0.5) is 0 Å². The van der Waals surface area contributed by atoms with Gasteiger partial charge in [-0.1, -0.05) is 13.8 Å². The van der Waals surface area contributed by atoms with Crippen molar-refractivity contribution < 1.29 is 9.53 Å². The quantitative estimate of drug-likeness (QED) is 0.683. The van der Waals surface area contributed by atoms with E-state index in [1.165, 1.54) is 0 Å². The van der Waals surface area contributed by atoms with Crippen LogP contribution in [0, 0.1) is 5.92 Å². The zero-order valence-corrected chi connectivity index (χ0v) is 11.4. The highest BCUT2D eigenvalue weighted by atomic mass is 16.5. The maximum Gasteiger partial charge on any atom is 0.222 e. The molecule has 0 spiro atoms. The van der Waals surface area contributed by atoms with E-state index in [1.54, 1.807) is 7.11 Å². The molecular formula is C13H26N2O2. The Kier molecular flexibility index (Phi) is 6.52. The number of nitrogens with zero attached hydrogens (tertiary/aromatic N) is 1. The minimum Gasteiger partial charge on any atom is -0.384 e. The van der Waals surface area contributed by atoms with Gasteiger partial charge in [0, 0.05) is 38.6 Å². The van der Waals surface area contributed by atoms with Crippen molar-refractivity contribution in [2.45, 2.75) is 39.2 Å². The summed E-state index contributed by atoms with van der Waals surface area (Å²) >= 11 is 0. The number of carbonyl (C=O) groups is 1. The largest absolute Gasteiger partial charge is 0.384 e. The Morgan fingerprint density at radius 3 is 2.94 bits per heavy atom. The molecule has 1 amide bonds. The Bertz CT molecular complexity index is 231. The first-order valence-corrected chi connectivity index (χ1v) is 6.63. The number of hydrogen-bond donors (Lipinski definition) is 1. The van der Waals surface area contributed by atoms with Crippen LogP contribution in [0.5, 0.6) is 0 Å². The predicted molar refractivity (Wildman–Crippen MR) is 68.9 cm³/mol. The Morgan fingerprint density at radius 2 is 2.29 bits per heavy atom. The molecule has 1 aliphatic heterocycles. The fourth-order valence-electron chi connectivity index (χ4n) is 2.22. The van der Waals surface area contributed by atoms with Gasteiger partial charge in [-0.15, -0.1) is 0 Å². The van der Waals surface area contributed by atoms with E-state index in [4.69, 9.17) is 4.74 Å². The van der Waals surface area contributed by atoms with Crippen molar-refractivity contribution in [3.8, 4) is 0 Å². The molecule has 1 aliphatic rings. The summed E-state index contributed by atoms with van der Waals surface area (Å²) < 4.78 is 5.13. The molecule has 0 saturated carbocycles. The van der Waals surface area contributed by atoms with Crippen molar-refractivity contribution in [3.05, 3.63) is 0 Å². The number of nitrogens with one attached hydrogen (secondary N) is 1. The topological polar surface area (TPSA) is 41.6 Å². The minimum atomic E-state index is 0.300. The summed E-state index contributed by atoms with van der Waals surface area (Å²) in [6, 6.07) is 0.503. The molecule has 0 bridgehead atoms. The monoisotopic (exact) mass is 242 g/mol. The van der Waals surface area contributed by atoms with Crippen molar-refractivity contribution >= 4 is 5.91 Å². The summed E-state index contributed by atoms with van der Waals surface area (Å²) in [5.41, 5.74) is 0. The van der Waals surface area contributed by atoms with Crippen LogP contribution < -0.4 is 5.32 Å². The lowest BCUT2D eigenvalue weighted by atomic mass is 10.1. The SMILES string of the molecule is COCC1CCN(C(=O)CCCNC(C)C)C1. The van der Waals surface area contributed by atoms with Gasteiger partial charge in [-0.2, -0.15) is 0 Å². The maximum atomic E-state index is 11.9. The third-order valence-corrected chi connectivity index (χ3v) is 3.16. The van der Waals surface area contributed by atoms with Gasteiger partial charge in [-0.05, 0) is 19.4 Å². The van der Waals surface area contributed by atoms with E-state index in [0.29, 0.717) is 24.3 Å². The zero-order valence-electron chi connectivity index (χ0n) is 11.4. The van der Waals surface area contributed by atoms with Gasteiger partial charge in [0.1, 0.15) is 0 Å². The van der Waals surface area contributed by atoms with E-state index in [0.717, 1.165) is 39.1 Å². The van der Waals surface area contributed by atoms with E-state index in [2.05, 4.69) is 19.2 Å². The van der Waals surface area contributed by atoms with Crippen molar-refractivity contribution in [2.75, 3.05) is 33.4 Å². The lowest BCUT2D eigenvalue weighted by Crippen LogP contribution is -2.30. The Morgan fingerprint density at radius 1 is 1.53 bits per heavy atom. The van der Waals surface area contributed by atoms with E-state index in [1.807, 2.05) is 4.90 Å². The molecule has 1 heterocycles. The molecule has 100 valence electrons. The molecule has 1 unspecified atom stereocenters. The van der Waals surface area contributed by atoms with Crippen LogP contribution in [0.15, 0.2) is 0 Å². The zero-order chi connectivity index (χ0) is 12.7. The highest BCUT2D eigenvalue weighted by molar-refractivity contribution is 5.76. The van der Waals surface area contributed by atoms with E-state index in [-0.39, 0.29) is 0 Å². The van der Waals surface area contributed by atoms with Gasteiger partial charge in [-0.25, -0.2) is 0 Å². The molecule has 1 rings (SSSR count). The smallest absolute Gasteiger partial charge is 0.222 e. The third-order valence-electron chi connectivity index (χ3n) is 3.16. The second kappa shape index (κ2) is 7.67. The van der Waals surface area contributed by atoms with Crippen molar-refractivity contribution in [1.29, 1.82) is 0 Å². The summed E-state index contributed by atoms with van der Waals surface area (Å²) in [4.78, 5) is 13.9. The molecule has 0 radical (unpaired) electrons. The molecule has 4 nitrogen and oxygen atoms in total. The lowest BCUT2D eigenvalue weighted by molar-refractivity contribution is -0.130. The normalized spacial score (nSPS) is 20.2. The van der Waals surface area contributed by atoms with Crippen molar-refractivity contribution in [2.24, 2.45) is 5.92 Å². The summed E-state index contributed by atoms with van der Waals surface area (Å²) in [6.45, 7) is 7.74. The van der Waals surface area contributed by atoms with Gasteiger partial charge in [0.2, 0.25) is 5.91 Å². The second-order valence-electron chi connectivity index (χ2n) is 5.16. The first kappa shape index (κ1) is 14.5. The van der Waals surface area contributed by atoms with Crippen LogP contribution in [0.1, 0.15) is 33.1 Å². The first-order valence-electron chi connectivity index (χ1n) is 6.63. The number of amides is 1. The summed E-state index contributed by atoms with van der Waals surface area (Å²) in [6.07, 6.45) is 2.69. The molecule has 4 heteroatoms. The van der Waals surface area contributed by atoms with Crippen LogP contribution in [0.2, 0.25) is 0 Å². The molecule has 1 atom stereocenters. The van der Waals surface area contributed by atoms with Gasteiger partial charge in [0.15, 0.2) is 0 Å². The highest BCUT2D eigenvalue weighted by Gasteiger charge is 2.25. The van der Waals surface area contributed by atoms with Crippen LogP contribution >= 0.6 is 0 Å². The van der Waals surface area contributed by atoms with E-state index in [9.17, 15) is 4.79 Å². The van der Waals surface area contributed by atoms with Gasteiger partial charge in [0.05, 0.1) is 6.61 Å². The Balaban J connectivity index is 2.12. The standard InChI is InChI=1S/C13H26N2O2/c1-11(2)14-7-4-5-13(16)15-8-6-12(9-15)10-17-3/h11-12,14H,4-10H2,1-3H3. The fourth-order valence-corrected chi connectivity index (χ4v) is 2.22. The molecule has 1 fully saturated rings. The average molecular weight is 242 g/mol. The number of carbonyl (C=O) groups excluding carboxylic acids is 1. The molecular weight excluding hydrogens is 216 g/mol. The molecule has 17 heavy (non-hydrogen) atoms.